The molecule has 0 amide bonds. The van der Waals surface area contributed by atoms with Gasteiger partial charge in [0.1, 0.15) is 22.8 Å². The Labute approximate surface area is 203 Å². The highest BCUT2D eigenvalue weighted by Crippen LogP contribution is 2.31. The van der Waals surface area contributed by atoms with Crippen molar-refractivity contribution in [1.82, 2.24) is 5.32 Å². The fourth-order valence-corrected chi connectivity index (χ4v) is 4.17. The Morgan fingerprint density at radius 1 is 1.09 bits per heavy atom. The van der Waals surface area contributed by atoms with Gasteiger partial charge in [-0.1, -0.05) is 29.8 Å². The second kappa shape index (κ2) is 10.9. The highest BCUT2D eigenvalue weighted by Gasteiger charge is 2.20. The maximum atomic E-state index is 11.2. The molecule has 33 heavy (non-hydrogen) atoms. The summed E-state index contributed by atoms with van der Waals surface area (Å²) in [5, 5.41) is 33.3. The van der Waals surface area contributed by atoms with Crippen LogP contribution in [0, 0.1) is 0 Å². The Morgan fingerprint density at radius 2 is 1.85 bits per heavy atom. The van der Waals surface area contributed by atoms with Gasteiger partial charge in [0.2, 0.25) is 0 Å². The Morgan fingerprint density at radius 3 is 2.61 bits per heavy atom. The lowest BCUT2D eigenvalue weighted by molar-refractivity contribution is 0.0693. The van der Waals surface area contributed by atoms with E-state index in [0.29, 0.717) is 23.1 Å². The fourth-order valence-electron chi connectivity index (χ4n) is 3.97. The summed E-state index contributed by atoms with van der Waals surface area (Å²) in [6.45, 7) is 0.433. The lowest BCUT2D eigenvalue weighted by Gasteiger charge is -2.27. The molecule has 0 radical (unpaired) electrons. The van der Waals surface area contributed by atoms with Crippen molar-refractivity contribution in [3.05, 3.63) is 87.9 Å². The Balaban J connectivity index is 0.00000306. The van der Waals surface area contributed by atoms with Gasteiger partial charge >= 0.3 is 5.97 Å². The molecule has 4 rings (SSSR count). The predicted molar refractivity (Wildman–Crippen MR) is 129 cm³/mol. The zero-order chi connectivity index (χ0) is 22.7. The molecule has 3 aromatic rings. The van der Waals surface area contributed by atoms with E-state index in [1.54, 1.807) is 12.1 Å². The highest BCUT2D eigenvalue weighted by atomic mass is 35.5. The number of aromatic carboxylic acids is 1. The summed E-state index contributed by atoms with van der Waals surface area (Å²) in [6.07, 6.45) is 2.05. The molecule has 0 aliphatic heterocycles. The average Bonchev–Trinajstić information content (AvgIpc) is 2.78. The van der Waals surface area contributed by atoms with Crippen molar-refractivity contribution in [2.45, 2.75) is 31.4 Å². The molecule has 0 fully saturated rings. The Kier molecular flexibility index (Phi) is 8.21. The van der Waals surface area contributed by atoms with E-state index in [-0.39, 0.29) is 29.8 Å². The molecular formula is C25H25Cl2NO5. The van der Waals surface area contributed by atoms with Crippen molar-refractivity contribution in [1.29, 1.82) is 0 Å². The van der Waals surface area contributed by atoms with Gasteiger partial charge < -0.3 is 25.4 Å². The van der Waals surface area contributed by atoms with Crippen molar-refractivity contribution in [3.63, 3.8) is 0 Å². The molecule has 1 aliphatic rings. The minimum atomic E-state index is -1.22. The number of nitrogens with one attached hydrogen (secondary N) is 1. The van der Waals surface area contributed by atoms with E-state index in [1.165, 1.54) is 23.8 Å². The number of benzene rings is 3. The quantitative estimate of drug-likeness (QED) is 0.366. The van der Waals surface area contributed by atoms with Gasteiger partial charge in [0.25, 0.3) is 0 Å². The summed E-state index contributed by atoms with van der Waals surface area (Å²) in [5.74, 6) is -0.572. The van der Waals surface area contributed by atoms with Crippen LogP contribution >= 0.6 is 24.0 Å². The second-order valence-electron chi connectivity index (χ2n) is 7.94. The smallest absolute Gasteiger partial charge is 0.339 e. The van der Waals surface area contributed by atoms with Gasteiger partial charge in [-0.25, -0.2) is 4.79 Å². The molecule has 0 spiro atoms. The van der Waals surface area contributed by atoms with E-state index in [1.807, 2.05) is 30.3 Å². The summed E-state index contributed by atoms with van der Waals surface area (Å²) in [5.41, 5.74) is 2.98. The van der Waals surface area contributed by atoms with Crippen molar-refractivity contribution >= 4 is 30.0 Å². The first-order valence-electron chi connectivity index (χ1n) is 10.4. The number of halogens is 2. The minimum absolute atomic E-state index is 0. The fraction of sp³-hybridized carbons (Fsp3) is 0.240. The van der Waals surface area contributed by atoms with Crippen molar-refractivity contribution in [3.8, 4) is 17.2 Å². The van der Waals surface area contributed by atoms with Gasteiger partial charge in [0, 0.05) is 17.6 Å². The lowest BCUT2D eigenvalue weighted by atomic mass is 9.88. The number of carboxylic acid groups (broad SMARTS) is 1. The summed E-state index contributed by atoms with van der Waals surface area (Å²) in [4.78, 5) is 11.2. The monoisotopic (exact) mass is 489 g/mol. The normalized spacial score (nSPS) is 15.8. The van der Waals surface area contributed by atoms with Gasteiger partial charge in [-0.2, -0.15) is 0 Å². The number of carbonyl (C=O) groups is 1. The van der Waals surface area contributed by atoms with Crippen molar-refractivity contribution in [2.75, 3.05) is 6.54 Å². The molecule has 0 aromatic heterocycles. The molecule has 6 nitrogen and oxygen atoms in total. The first kappa shape index (κ1) is 24.9. The molecule has 1 aliphatic carbocycles. The molecule has 0 saturated heterocycles. The number of aliphatic hydroxyl groups excluding tert-OH is 1. The zero-order valence-electron chi connectivity index (χ0n) is 17.7. The van der Waals surface area contributed by atoms with E-state index in [9.17, 15) is 20.1 Å². The zero-order valence-corrected chi connectivity index (χ0v) is 19.3. The molecule has 3 aromatic carbocycles. The minimum Gasteiger partial charge on any atom is -0.507 e. The highest BCUT2D eigenvalue weighted by molar-refractivity contribution is 6.30. The summed E-state index contributed by atoms with van der Waals surface area (Å²) < 4.78 is 5.85. The van der Waals surface area contributed by atoms with Crippen LogP contribution in [0.25, 0.3) is 0 Å². The molecular weight excluding hydrogens is 465 g/mol. The number of phenols is 1. The summed E-state index contributed by atoms with van der Waals surface area (Å²) in [7, 11) is 0. The SMILES string of the molecule is Cl.O=C(O)c1cc(Oc2ccc3c(c2)C[C@@H](NC[C@@H](O)c2cccc(Cl)c2)CC3)ccc1O. The Hall–Kier alpha value is -2.77. The third kappa shape index (κ3) is 6.18. The number of aliphatic hydroxyl groups is 1. The first-order valence-corrected chi connectivity index (χ1v) is 10.8. The molecule has 2 atom stereocenters. The maximum absolute atomic E-state index is 11.2. The molecule has 0 saturated carbocycles. The van der Waals surface area contributed by atoms with Crippen LogP contribution in [-0.2, 0) is 12.8 Å². The van der Waals surface area contributed by atoms with Crippen LogP contribution in [0.2, 0.25) is 5.02 Å². The number of hydrogen-bond donors (Lipinski definition) is 4. The average molecular weight is 490 g/mol. The van der Waals surface area contributed by atoms with Crippen molar-refractivity contribution < 1.29 is 24.9 Å². The van der Waals surface area contributed by atoms with Crippen LogP contribution in [0.3, 0.4) is 0 Å². The van der Waals surface area contributed by atoms with Crippen LogP contribution in [-0.4, -0.2) is 33.9 Å². The van der Waals surface area contributed by atoms with Crippen LogP contribution < -0.4 is 10.1 Å². The largest absolute Gasteiger partial charge is 0.507 e. The van der Waals surface area contributed by atoms with E-state index < -0.39 is 12.1 Å². The standard InChI is InChI=1S/C25H24ClNO5.ClH/c26-18-3-1-2-16(10-18)24(29)14-27-19-6-4-15-5-7-20(12-17(15)11-19)32-21-8-9-23(28)22(13-21)25(30)31;/h1-3,5,7-10,12-13,19,24,27-29H,4,6,11,14H2,(H,30,31);1H/t19-,24+;/m0./s1. The number of fused-ring (bicyclic) bond motifs is 1. The van der Waals surface area contributed by atoms with Gasteiger partial charge in [-0.15, -0.1) is 12.4 Å². The van der Waals surface area contributed by atoms with Crippen LogP contribution in [0.15, 0.2) is 60.7 Å². The lowest BCUT2D eigenvalue weighted by Crippen LogP contribution is -2.37. The molecule has 174 valence electrons. The van der Waals surface area contributed by atoms with Crippen LogP contribution in [0.4, 0.5) is 0 Å². The number of ether oxygens (including phenoxy) is 1. The molecule has 4 N–H and O–H groups in total. The molecule has 0 unspecified atom stereocenters. The van der Waals surface area contributed by atoms with Crippen LogP contribution in [0.5, 0.6) is 17.2 Å². The second-order valence-corrected chi connectivity index (χ2v) is 8.37. The van der Waals surface area contributed by atoms with Gasteiger partial charge in [-0.05, 0) is 78.4 Å². The maximum Gasteiger partial charge on any atom is 0.339 e. The van der Waals surface area contributed by atoms with E-state index >= 15 is 0 Å². The first-order chi connectivity index (χ1) is 15.4. The number of hydrogen-bond acceptors (Lipinski definition) is 5. The number of aromatic hydroxyl groups is 1. The third-order valence-electron chi connectivity index (χ3n) is 5.67. The van der Waals surface area contributed by atoms with E-state index in [2.05, 4.69) is 5.32 Å². The van der Waals surface area contributed by atoms with Gasteiger partial charge in [0.05, 0.1) is 6.10 Å². The summed E-state index contributed by atoms with van der Waals surface area (Å²) >= 11 is 6.01. The third-order valence-corrected chi connectivity index (χ3v) is 5.91. The van der Waals surface area contributed by atoms with Gasteiger partial charge in [0.15, 0.2) is 0 Å². The van der Waals surface area contributed by atoms with Crippen molar-refractivity contribution in [2.24, 2.45) is 0 Å². The predicted octanol–water partition coefficient (Wildman–Crippen LogP) is 5.14. The van der Waals surface area contributed by atoms with Crippen LogP contribution in [0.1, 0.15) is 39.6 Å². The summed E-state index contributed by atoms with van der Waals surface area (Å²) in [6, 6.07) is 17.5. The molecule has 8 heteroatoms. The number of rotatable bonds is 7. The molecule has 0 bridgehead atoms. The van der Waals surface area contributed by atoms with E-state index in [0.717, 1.165) is 30.4 Å². The van der Waals surface area contributed by atoms with E-state index in [4.69, 9.17) is 16.3 Å². The molecule has 0 heterocycles. The van der Waals surface area contributed by atoms with Gasteiger partial charge in [-0.3, -0.25) is 0 Å². The number of aryl methyl sites for hydroxylation is 1. The Bertz CT molecular complexity index is 1140. The number of carboxylic acids is 1. The topological polar surface area (TPSA) is 99.0 Å².